The van der Waals surface area contributed by atoms with Crippen molar-refractivity contribution in [2.24, 2.45) is 11.8 Å². The number of aromatic nitrogens is 2. The molecule has 3 rings (SSSR count). The fourth-order valence-corrected chi connectivity index (χ4v) is 3.66. The summed E-state index contributed by atoms with van der Waals surface area (Å²) < 4.78 is 5.34. The van der Waals surface area contributed by atoms with Crippen LogP contribution in [-0.2, 0) is 13.0 Å². The Labute approximate surface area is 127 Å². The van der Waals surface area contributed by atoms with E-state index in [1.165, 1.54) is 38.8 Å². The normalized spacial score (nSPS) is 27.6. The molecule has 2 saturated heterocycles. The lowest BCUT2D eigenvalue weighted by Gasteiger charge is -2.35. The first kappa shape index (κ1) is 15.0. The van der Waals surface area contributed by atoms with Gasteiger partial charge in [-0.2, -0.15) is 4.98 Å². The van der Waals surface area contributed by atoms with Crippen molar-refractivity contribution < 1.29 is 4.52 Å². The molecule has 3 heterocycles. The van der Waals surface area contributed by atoms with Gasteiger partial charge in [0, 0.05) is 19.0 Å². The van der Waals surface area contributed by atoms with Crippen LogP contribution in [0.3, 0.4) is 0 Å². The quantitative estimate of drug-likeness (QED) is 0.902. The fraction of sp³-hybridized carbons (Fsp3) is 0.875. The number of rotatable bonds is 5. The molecule has 2 aliphatic heterocycles. The molecule has 5 heteroatoms. The van der Waals surface area contributed by atoms with Gasteiger partial charge in [0.25, 0.3) is 0 Å². The first-order chi connectivity index (χ1) is 10.2. The predicted molar refractivity (Wildman–Crippen MR) is 81.9 cm³/mol. The molecule has 0 bridgehead atoms. The van der Waals surface area contributed by atoms with Crippen LogP contribution in [0, 0.1) is 11.8 Å². The maximum Gasteiger partial charge on any atom is 0.226 e. The zero-order chi connectivity index (χ0) is 14.7. The summed E-state index contributed by atoms with van der Waals surface area (Å²) in [6.07, 6.45) is 6.21. The van der Waals surface area contributed by atoms with Crippen molar-refractivity contribution in [2.45, 2.75) is 58.5 Å². The number of hydrogen-bond acceptors (Lipinski definition) is 5. The van der Waals surface area contributed by atoms with E-state index in [1.54, 1.807) is 0 Å². The van der Waals surface area contributed by atoms with Gasteiger partial charge in [-0.05, 0) is 50.6 Å². The smallest absolute Gasteiger partial charge is 0.226 e. The lowest BCUT2D eigenvalue weighted by molar-refractivity contribution is 0.141. The topological polar surface area (TPSA) is 54.2 Å². The number of nitrogens with zero attached hydrogens (tertiary/aromatic N) is 3. The molecule has 0 radical (unpaired) electrons. The maximum absolute atomic E-state index is 5.34. The van der Waals surface area contributed by atoms with Crippen molar-refractivity contribution in [1.29, 1.82) is 0 Å². The van der Waals surface area contributed by atoms with Crippen molar-refractivity contribution in [3.05, 3.63) is 11.7 Å². The zero-order valence-corrected chi connectivity index (χ0v) is 13.3. The predicted octanol–water partition coefficient (Wildman–Crippen LogP) is 2.23. The molecule has 1 aromatic rings. The second kappa shape index (κ2) is 6.88. The summed E-state index contributed by atoms with van der Waals surface area (Å²) in [6, 6.07) is 0.731. The van der Waals surface area contributed by atoms with Crippen LogP contribution in [-0.4, -0.2) is 40.7 Å². The van der Waals surface area contributed by atoms with Crippen molar-refractivity contribution >= 4 is 0 Å². The molecule has 0 aliphatic carbocycles. The Morgan fingerprint density at radius 3 is 3.00 bits per heavy atom. The van der Waals surface area contributed by atoms with E-state index >= 15 is 0 Å². The van der Waals surface area contributed by atoms with Crippen LogP contribution < -0.4 is 5.32 Å². The molecule has 1 aromatic heterocycles. The largest absolute Gasteiger partial charge is 0.339 e. The third-order valence-corrected chi connectivity index (χ3v) is 4.67. The van der Waals surface area contributed by atoms with Crippen LogP contribution in [0.2, 0.25) is 0 Å². The van der Waals surface area contributed by atoms with Gasteiger partial charge in [0.1, 0.15) is 0 Å². The van der Waals surface area contributed by atoms with E-state index in [4.69, 9.17) is 4.52 Å². The SMILES string of the molecule is CC(C)Cc1nc(CN2CCCC(C3CCCN3)C2)no1. The molecule has 0 spiro atoms. The fourth-order valence-electron chi connectivity index (χ4n) is 3.66. The third kappa shape index (κ3) is 4.04. The van der Waals surface area contributed by atoms with E-state index in [0.717, 1.165) is 43.2 Å². The minimum atomic E-state index is 0.561. The van der Waals surface area contributed by atoms with E-state index < -0.39 is 0 Å². The van der Waals surface area contributed by atoms with Crippen LogP contribution in [0.1, 0.15) is 51.2 Å². The van der Waals surface area contributed by atoms with Gasteiger partial charge in [-0.1, -0.05) is 19.0 Å². The summed E-state index contributed by atoms with van der Waals surface area (Å²) in [7, 11) is 0. The minimum absolute atomic E-state index is 0.561. The van der Waals surface area contributed by atoms with Gasteiger partial charge in [-0.3, -0.25) is 4.90 Å². The Balaban J connectivity index is 1.53. The van der Waals surface area contributed by atoms with E-state index in [0.29, 0.717) is 5.92 Å². The molecule has 2 aliphatic rings. The molecule has 21 heavy (non-hydrogen) atoms. The number of piperidine rings is 1. The van der Waals surface area contributed by atoms with Crippen molar-refractivity contribution in [1.82, 2.24) is 20.4 Å². The Morgan fingerprint density at radius 1 is 1.33 bits per heavy atom. The molecule has 0 aromatic carbocycles. The molecular formula is C16H28N4O. The third-order valence-electron chi connectivity index (χ3n) is 4.67. The van der Waals surface area contributed by atoms with Gasteiger partial charge >= 0.3 is 0 Å². The van der Waals surface area contributed by atoms with Crippen LogP contribution >= 0.6 is 0 Å². The first-order valence-electron chi connectivity index (χ1n) is 8.48. The van der Waals surface area contributed by atoms with E-state index in [-0.39, 0.29) is 0 Å². The highest BCUT2D eigenvalue weighted by atomic mass is 16.5. The standard InChI is InChI=1S/C16H28N4O/c1-12(2)9-16-18-15(19-21-16)11-20-8-4-5-13(10-20)14-6-3-7-17-14/h12-14,17H,3-11H2,1-2H3. The maximum atomic E-state index is 5.34. The van der Waals surface area contributed by atoms with Gasteiger partial charge < -0.3 is 9.84 Å². The zero-order valence-electron chi connectivity index (χ0n) is 13.3. The van der Waals surface area contributed by atoms with Gasteiger partial charge in [-0.15, -0.1) is 0 Å². The van der Waals surface area contributed by atoms with Crippen molar-refractivity contribution in [3.63, 3.8) is 0 Å². The molecule has 0 amide bonds. The highest BCUT2D eigenvalue weighted by molar-refractivity contribution is 4.91. The summed E-state index contributed by atoms with van der Waals surface area (Å²) in [5, 5.41) is 7.80. The summed E-state index contributed by atoms with van der Waals surface area (Å²) >= 11 is 0. The van der Waals surface area contributed by atoms with Crippen molar-refractivity contribution in [3.8, 4) is 0 Å². The average molecular weight is 292 g/mol. The first-order valence-corrected chi connectivity index (χ1v) is 8.48. The van der Waals surface area contributed by atoms with E-state index in [1.807, 2.05) is 0 Å². The average Bonchev–Trinajstić information content (AvgIpc) is 3.10. The Bertz CT molecular complexity index is 439. The van der Waals surface area contributed by atoms with E-state index in [2.05, 4.69) is 34.2 Å². The molecule has 0 saturated carbocycles. The molecule has 118 valence electrons. The Morgan fingerprint density at radius 2 is 2.24 bits per heavy atom. The van der Waals surface area contributed by atoms with E-state index in [9.17, 15) is 0 Å². The second-order valence-electron chi connectivity index (χ2n) is 7.04. The molecule has 2 atom stereocenters. The molecule has 1 N–H and O–H groups in total. The number of hydrogen-bond donors (Lipinski definition) is 1. The molecular weight excluding hydrogens is 264 g/mol. The second-order valence-corrected chi connectivity index (χ2v) is 7.04. The highest BCUT2D eigenvalue weighted by Gasteiger charge is 2.29. The van der Waals surface area contributed by atoms with Gasteiger partial charge in [0.2, 0.25) is 5.89 Å². The van der Waals surface area contributed by atoms with Crippen LogP contribution in [0.4, 0.5) is 0 Å². The summed E-state index contributed by atoms with van der Waals surface area (Å²) in [6.45, 7) is 8.72. The van der Waals surface area contributed by atoms with Crippen LogP contribution in [0.25, 0.3) is 0 Å². The molecule has 2 fully saturated rings. The number of likely N-dealkylation sites (tertiary alicyclic amines) is 1. The summed E-state index contributed by atoms with van der Waals surface area (Å²) in [4.78, 5) is 7.03. The molecule has 5 nitrogen and oxygen atoms in total. The Kier molecular flexibility index (Phi) is 4.91. The summed E-state index contributed by atoms with van der Waals surface area (Å²) in [5.41, 5.74) is 0. The lowest BCUT2D eigenvalue weighted by atomic mass is 9.90. The minimum Gasteiger partial charge on any atom is -0.339 e. The van der Waals surface area contributed by atoms with Crippen LogP contribution in [0.5, 0.6) is 0 Å². The number of nitrogens with one attached hydrogen (secondary N) is 1. The molecule has 2 unspecified atom stereocenters. The van der Waals surface area contributed by atoms with Crippen molar-refractivity contribution in [2.75, 3.05) is 19.6 Å². The van der Waals surface area contributed by atoms with Crippen LogP contribution in [0.15, 0.2) is 4.52 Å². The Hall–Kier alpha value is -0.940. The van der Waals surface area contributed by atoms with Gasteiger partial charge in [0.15, 0.2) is 5.82 Å². The highest BCUT2D eigenvalue weighted by Crippen LogP contribution is 2.25. The lowest BCUT2D eigenvalue weighted by Crippen LogP contribution is -2.43. The monoisotopic (exact) mass is 292 g/mol. The van der Waals surface area contributed by atoms with Gasteiger partial charge in [-0.25, -0.2) is 0 Å². The summed E-state index contributed by atoms with van der Waals surface area (Å²) in [5.74, 6) is 2.99. The van der Waals surface area contributed by atoms with Gasteiger partial charge in [0.05, 0.1) is 6.54 Å².